The van der Waals surface area contributed by atoms with Gasteiger partial charge in [-0.2, -0.15) is 0 Å². The summed E-state index contributed by atoms with van der Waals surface area (Å²) in [5, 5.41) is 5.77. The zero-order chi connectivity index (χ0) is 21.1. The Bertz CT molecular complexity index is 686. The Morgan fingerprint density at radius 2 is 1.90 bits per heavy atom. The SMILES string of the molecule is COc1cccc(NC(=O)[C@H](CCCCCC(C)=O)NC(=O)CN2CCCC2)c1. The summed E-state index contributed by atoms with van der Waals surface area (Å²) in [6, 6.07) is 6.54. The summed E-state index contributed by atoms with van der Waals surface area (Å²) >= 11 is 0. The van der Waals surface area contributed by atoms with Crippen LogP contribution in [0.3, 0.4) is 0 Å². The van der Waals surface area contributed by atoms with Gasteiger partial charge >= 0.3 is 0 Å². The number of hydrogen-bond acceptors (Lipinski definition) is 5. The van der Waals surface area contributed by atoms with Crippen molar-refractivity contribution in [3.05, 3.63) is 24.3 Å². The molecule has 1 heterocycles. The number of hydrogen-bond donors (Lipinski definition) is 2. The molecule has 0 aromatic heterocycles. The van der Waals surface area contributed by atoms with Crippen molar-refractivity contribution in [2.45, 2.75) is 57.9 Å². The lowest BCUT2D eigenvalue weighted by Crippen LogP contribution is -2.47. The van der Waals surface area contributed by atoms with Gasteiger partial charge in [0.15, 0.2) is 0 Å². The molecule has 2 amide bonds. The van der Waals surface area contributed by atoms with Crippen LogP contribution >= 0.6 is 0 Å². The first-order valence-corrected chi connectivity index (χ1v) is 10.4. The number of amides is 2. The minimum Gasteiger partial charge on any atom is -0.497 e. The van der Waals surface area contributed by atoms with Crippen LogP contribution in [0.5, 0.6) is 5.75 Å². The van der Waals surface area contributed by atoms with Crippen molar-refractivity contribution < 1.29 is 19.1 Å². The van der Waals surface area contributed by atoms with Gasteiger partial charge in [-0.1, -0.05) is 18.9 Å². The molecule has 0 aliphatic carbocycles. The first-order chi connectivity index (χ1) is 14.0. The van der Waals surface area contributed by atoms with Gasteiger partial charge in [-0.3, -0.25) is 14.5 Å². The van der Waals surface area contributed by atoms with Gasteiger partial charge in [0.25, 0.3) is 0 Å². The summed E-state index contributed by atoms with van der Waals surface area (Å²) in [5.74, 6) is 0.471. The molecule has 160 valence electrons. The number of ether oxygens (including phenoxy) is 1. The van der Waals surface area contributed by atoms with E-state index in [1.54, 1.807) is 38.3 Å². The van der Waals surface area contributed by atoms with Crippen LogP contribution in [0.15, 0.2) is 24.3 Å². The smallest absolute Gasteiger partial charge is 0.246 e. The fraction of sp³-hybridized carbons (Fsp3) is 0.591. The number of methoxy groups -OCH3 is 1. The van der Waals surface area contributed by atoms with E-state index in [0.717, 1.165) is 45.2 Å². The molecular weight excluding hydrogens is 370 g/mol. The number of nitrogens with zero attached hydrogens (tertiary/aromatic N) is 1. The highest BCUT2D eigenvalue weighted by Gasteiger charge is 2.23. The molecule has 1 aromatic rings. The van der Waals surface area contributed by atoms with Crippen LogP contribution in [0, 0.1) is 0 Å². The van der Waals surface area contributed by atoms with E-state index in [0.29, 0.717) is 30.8 Å². The van der Waals surface area contributed by atoms with Gasteiger partial charge < -0.3 is 20.2 Å². The van der Waals surface area contributed by atoms with E-state index in [1.165, 1.54) is 0 Å². The van der Waals surface area contributed by atoms with E-state index < -0.39 is 6.04 Å². The summed E-state index contributed by atoms with van der Waals surface area (Å²) in [6.07, 6.45) is 5.76. The highest BCUT2D eigenvalue weighted by molar-refractivity contribution is 5.97. The predicted octanol–water partition coefficient (Wildman–Crippen LogP) is 2.75. The van der Waals surface area contributed by atoms with E-state index in [9.17, 15) is 14.4 Å². The second-order valence-electron chi connectivity index (χ2n) is 7.63. The lowest BCUT2D eigenvalue weighted by atomic mass is 10.1. The largest absolute Gasteiger partial charge is 0.497 e. The molecule has 0 unspecified atom stereocenters. The highest BCUT2D eigenvalue weighted by Crippen LogP contribution is 2.17. The molecule has 2 rings (SSSR count). The normalized spacial score (nSPS) is 15.0. The van der Waals surface area contributed by atoms with Crippen molar-refractivity contribution in [2.75, 3.05) is 32.1 Å². The number of benzene rings is 1. The Morgan fingerprint density at radius 3 is 2.59 bits per heavy atom. The van der Waals surface area contributed by atoms with E-state index >= 15 is 0 Å². The lowest BCUT2D eigenvalue weighted by molar-refractivity contribution is -0.127. The minimum absolute atomic E-state index is 0.124. The number of likely N-dealkylation sites (tertiary alicyclic amines) is 1. The molecule has 0 radical (unpaired) electrons. The van der Waals surface area contributed by atoms with Crippen LogP contribution in [0.4, 0.5) is 5.69 Å². The number of carbonyl (C=O) groups excluding carboxylic acids is 3. The molecule has 1 atom stereocenters. The Kier molecular flexibility index (Phi) is 9.64. The third-order valence-corrected chi connectivity index (χ3v) is 5.08. The summed E-state index contributed by atoms with van der Waals surface area (Å²) in [6.45, 7) is 3.77. The van der Waals surface area contributed by atoms with Crippen LogP contribution in [-0.4, -0.2) is 55.3 Å². The lowest BCUT2D eigenvalue weighted by Gasteiger charge is -2.21. The Balaban J connectivity index is 1.92. The fourth-order valence-electron chi connectivity index (χ4n) is 3.48. The monoisotopic (exact) mass is 403 g/mol. The van der Waals surface area contributed by atoms with Gasteiger partial charge in [-0.15, -0.1) is 0 Å². The van der Waals surface area contributed by atoms with Crippen molar-refractivity contribution >= 4 is 23.3 Å². The maximum atomic E-state index is 12.8. The maximum Gasteiger partial charge on any atom is 0.246 e. The summed E-state index contributed by atoms with van der Waals surface area (Å²) < 4.78 is 5.19. The van der Waals surface area contributed by atoms with Gasteiger partial charge in [-0.05, 0) is 57.8 Å². The minimum atomic E-state index is -0.603. The van der Waals surface area contributed by atoms with E-state index in [1.807, 2.05) is 0 Å². The molecule has 1 aliphatic heterocycles. The first kappa shape index (κ1) is 22.9. The summed E-state index contributed by atoms with van der Waals surface area (Å²) in [7, 11) is 1.57. The summed E-state index contributed by atoms with van der Waals surface area (Å²) in [4.78, 5) is 38.5. The van der Waals surface area contributed by atoms with Crippen molar-refractivity contribution in [3.63, 3.8) is 0 Å². The topological polar surface area (TPSA) is 87.7 Å². The third-order valence-electron chi connectivity index (χ3n) is 5.08. The number of ketones is 1. The first-order valence-electron chi connectivity index (χ1n) is 10.4. The Labute approximate surface area is 173 Å². The van der Waals surface area contributed by atoms with Gasteiger partial charge in [0.1, 0.15) is 17.6 Å². The van der Waals surface area contributed by atoms with Gasteiger partial charge in [-0.25, -0.2) is 0 Å². The van der Waals surface area contributed by atoms with Gasteiger partial charge in [0.2, 0.25) is 11.8 Å². The van der Waals surface area contributed by atoms with Crippen LogP contribution in [0.1, 0.15) is 51.9 Å². The molecule has 7 heteroatoms. The number of rotatable bonds is 12. The zero-order valence-corrected chi connectivity index (χ0v) is 17.5. The molecule has 0 bridgehead atoms. The van der Waals surface area contributed by atoms with Crippen molar-refractivity contribution in [2.24, 2.45) is 0 Å². The standard InChI is InChI=1S/C22H33N3O4/c1-17(26)9-4-3-5-12-20(24-21(27)16-25-13-6-7-14-25)22(28)23-18-10-8-11-19(15-18)29-2/h8,10-11,15,20H,3-7,9,12-14,16H2,1-2H3,(H,23,28)(H,24,27)/t20-/m0/s1. The molecule has 7 nitrogen and oxygen atoms in total. The second kappa shape index (κ2) is 12.2. The van der Waals surface area contributed by atoms with Gasteiger partial charge in [0, 0.05) is 18.2 Å². The quantitative estimate of drug-likeness (QED) is 0.524. The van der Waals surface area contributed by atoms with Crippen molar-refractivity contribution in [1.29, 1.82) is 0 Å². The number of carbonyl (C=O) groups is 3. The van der Waals surface area contributed by atoms with Crippen LogP contribution in [0.25, 0.3) is 0 Å². The number of Topliss-reactive ketones (excluding diaryl/α,β-unsaturated/α-hetero) is 1. The number of unbranched alkanes of at least 4 members (excludes halogenated alkanes) is 2. The molecule has 0 spiro atoms. The van der Waals surface area contributed by atoms with Crippen molar-refractivity contribution in [3.8, 4) is 5.75 Å². The molecular formula is C22H33N3O4. The summed E-state index contributed by atoms with van der Waals surface area (Å²) in [5.41, 5.74) is 0.629. The average molecular weight is 404 g/mol. The van der Waals surface area contributed by atoms with Crippen LogP contribution in [0.2, 0.25) is 0 Å². The maximum absolute atomic E-state index is 12.8. The Morgan fingerprint density at radius 1 is 1.14 bits per heavy atom. The third kappa shape index (κ3) is 8.64. The Hall–Kier alpha value is -2.41. The highest BCUT2D eigenvalue weighted by atomic mass is 16.5. The fourth-order valence-corrected chi connectivity index (χ4v) is 3.48. The molecule has 2 N–H and O–H groups in total. The molecule has 1 saturated heterocycles. The van der Waals surface area contributed by atoms with Crippen LogP contribution < -0.4 is 15.4 Å². The second-order valence-corrected chi connectivity index (χ2v) is 7.63. The predicted molar refractivity (Wildman–Crippen MR) is 113 cm³/mol. The number of anilines is 1. The average Bonchev–Trinajstić information content (AvgIpc) is 3.19. The molecule has 0 saturated carbocycles. The number of nitrogens with one attached hydrogen (secondary N) is 2. The van der Waals surface area contributed by atoms with Gasteiger partial charge in [0.05, 0.1) is 13.7 Å². The van der Waals surface area contributed by atoms with E-state index in [-0.39, 0.29) is 17.6 Å². The van der Waals surface area contributed by atoms with E-state index in [4.69, 9.17) is 4.74 Å². The molecule has 1 aliphatic rings. The molecule has 1 aromatic carbocycles. The molecule has 29 heavy (non-hydrogen) atoms. The van der Waals surface area contributed by atoms with Crippen molar-refractivity contribution in [1.82, 2.24) is 10.2 Å². The van der Waals surface area contributed by atoms with Crippen LogP contribution in [-0.2, 0) is 14.4 Å². The zero-order valence-electron chi connectivity index (χ0n) is 17.5. The molecule has 1 fully saturated rings. The van der Waals surface area contributed by atoms with E-state index in [2.05, 4.69) is 15.5 Å².